The standard InChI is InChI=1S/C40H22N4O2/c41-23-25-16-21-30(28(22-25)24-42)32-11-6-12-33-31-10-4-5-14-35(31)44(38(32)33)36-15-7-13-34-37(36)40(46)43(39(34)45)29-19-17-27(18-20-29)26-8-2-1-3-9-26/h1-22H. The highest BCUT2D eigenvalue weighted by atomic mass is 16.2. The lowest BCUT2D eigenvalue weighted by Crippen LogP contribution is -2.29. The Labute approximate surface area is 264 Å². The quantitative estimate of drug-likeness (QED) is 0.192. The van der Waals surface area contributed by atoms with Crippen LogP contribution in [0.25, 0.3) is 49.7 Å². The lowest BCUT2D eigenvalue weighted by Gasteiger charge is -2.16. The fourth-order valence-corrected chi connectivity index (χ4v) is 6.55. The minimum Gasteiger partial charge on any atom is -0.308 e. The van der Waals surface area contributed by atoms with Gasteiger partial charge in [0.1, 0.15) is 0 Å². The maximum absolute atomic E-state index is 14.3. The molecule has 0 N–H and O–H groups in total. The van der Waals surface area contributed by atoms with E-state index < -0.39 is 5.91 Å². The highest BCUT2D eigenvalue weighted by Gasteiger charge is 2.39. The molecule has 0 saturated carbocycles. The van der Waals surface area contributed by atoms with Gasteiger partial charge in [-0.3, -0.25) is 9.59 Å². The van der Waals surface area contributed by atoms with Gasteiger partial charge in [0.2, 0.25) is 0 Å². The fourth-order valence-electron chi connectivity index (χ4n) is 6.55. The van der Waals surface area contributed by atoms with Gasteiger partial charge in [-0.05, 0) is 53.6 Å². The van der Waals surface area contributed by atoms with Crippen molar-refractivity contribution in [2.24, 2.45) is 0 Å². The number of nitriles is 2. The van der Waals surface area contributed by atoms with E-state index in [4.69, 9.17) is 0 Å². The van der Waals surface area contributed by atoms with Gasteiger partial charge < -0.3 is 4.57 Å². The first-order valence-electron chi connectivity index (χ1n) is 14.7. The molecule has 1 aromatic heterocycles. The Morgan fingerprint density at radius 2 is 1.24 bits per heavy atom. The van der Waals surface area contributed by atoms with Crippen LogP contribution in [0.4, 0.5) is 5.69 Å². The van der Waals surface area contributed by atoms with E-state index in [0.717, 1.165) is 38.5 Å². The third-order valence-electron chi connectivity index (χ3n) is 8.62. The molecule has 2 heterocycles. The molecule has 8 rings (SSSR count). The number of para-hydroxylation sites is 2. The van der Waals surface area contributed by atoms with Crippen molar-refractivity contribution in [2.75, 3.05) is 4.90 Å². The lowest BCUT2D eigenvalue weighted by atomic mass is 9.96. The summed E-state index contributed by atoms with van der Waals surface area (Å²) in [7, 11) is 0. The Bertz CT molecular complexity index is 2480. The van der Waals surface area contributed by atoms with Crippen molar-refractivity contribution in [3.63, 3.8) is 0 Å². The zero-order valence-corrected chi connectivity index (χ0v) is 24.3. The number of carbonyl (C=O) groups is 2. The second kappa shape index (κ2) is 10.4. The number of rotatable bonds is 4. The molecule has 0 radical (unpaired) electrons. The van der Waals surface area contributed by atoms with E-state index in [9.17, 15) is 20.1 Å². The van der Waals surface area contributed by atoms with Crippen molar-refractivity contribution in [1.29, 1.82) is 10.5 Å². The highest BCUT2D eigenvalue weighted by molar-refractivity contribution is 6.36. The molecule has 2 amide bonds. The average molecular weight is 591 g/mol. The number of anilines is 1. The third kappa shape index (κ3) is 3.95. The molecule has 6 nitrogen and oxygen atoms in total. The molecule has 0 unspecified atom stereocenters. The van der Waals surface area contributed by atoms with Crippen molar-refractivity contribution >= 4 is 39.3 Å². The predicted molar refractivity (Wildman–Crippen MR) is 179 cm³/mol. The molecule has 0 aliphatic carbocycles. The van der Waals surface area contributed by atoms with Crippen LogP contribution in [0.2, 0.25) is 0 Å². The number of imide groups is 1. The highest BCUT2D eigenvalue weighted by Crippen LogP contribution is 2.42. The third-order valence-corrected chi connectivity index (χ3v) is 8.62. The van der Waals surface area contributed by atoms with Gasteiger partial charge in [-0.2, -0.15) is 10.5 Å². The van der Waals surface area contributed by atoms with E-state index in [1.807, 2.05) is 95.6 Å². The van der Waals surface area contributed by atoms with Crippen LogP contribution < -0.4 is 4.90 Å². The molecule has 6 heteroatoms. The monoisotopic (exact) mass is 590 g/mol. The number of hydrogen-bond donors (Lipinski definition) is 0. The molecule has 0 fully saturated rings. The van der Waals surface area contributed by atoms with E-state index in [-0.39, 0.29) is 5.91 Å². The number of aromatic nitrogens is 1. The van der Waals surface area contributed by atoms with Crippen LogP contribution >= 0.6 is 0 Å². The van der Waals surface area contributed by atoms with Gasteiger partial charge in [0, 0.05) is 21.9 Å². The Balaban J connectivity index is 1.34. The van der Waals surface area contributed by atoms with Crippen LogP contribution in [0.1, 0.15) is 31.8 Å². The van der Waals surface area contributed by atoms with Crippen LogP contribution in [-0.4, -0.2) is 16.4 Å². The Kier molecular flexibility index (Phi) is 6.10. The van der Waals surface area contributed by atoms with Crippen LogP contribution in [0.15, 0.2) is 133 Å². The topological polar surface area (TPSA) is 89.9 Å². The largest absolute Gasteiger partial charge is 0.308 e. The first-order valence-corrected chi connectivity index (χ1v) is 14.7. The van der Waals surface area contributed by atoms with E-state index >= 15 is 0 Å². The number of amides is 2. The molecule has 1 aliphatic heterocycles. The van der Waals surface area contributed by atoms with Gasteiger partial charge >= 0.3 is 0 Å². The molecule has 7 aromatic rings. The molecular weight excluding hydrogens is 568 g/mol. The van der Waals surface area contributed by atoms with Gasteiger partial charge in [-0.15, -0.1) is 0 Å². The van der Waals surface area contributed by atoms with Crippen LogP contribution in [-0.2, 0) is 0 Å². The fraction of sp³-hybridized carbons (Fsp3) is 0. The van der Waals surface area contributed by atoms with Gasteiger partial charge in [0.25, 0.3) is 11.8 Å². The Morgan fingerprint density at radius 3 is 2.02 bits per heavy atom. The van der Waals surface area contributed by atoms with Crippen LogP contribution in [0.5, 0.6) is 0 Å². The van der Waals surface area contributed by atoms with Crippen molar-refractivity contribution in [1.82, 2.24) is 4.57 Å². The summed E-state index contributed by atoms with van der Waals surface area (Å²) in [6, 6.07) is 46.0. The summed E-state index contributed by atoms with van der Waals surface area (Å²) in [5.41, 5.74) is 7.62. The summed E-state index contributed by atoms with van der Waals surface area (Å²) in [4.78, 5) is 29.4. The molecule has 0 spiro atoms. The first-order chi connectivity index (χ1) is 22.6. The van der Waals surface area contributed by atoms with Gasteiger partial charge in [-0.25, -0.2) is 4.90 Å². The second-order valence-electron chi connectivity index (χ2n) is 11.1. The Morgan fingerprint density at radius 1 is 0.543 bits per heavy atom. The molecule has 0 atom stereocenters. The Hall–Kier alpha value is -6.76. The normalized spacial score (nSPS) is 12.3. The second-order valence-corrected chi connectivity index (χ2v) is 11.1. The maximum Gasteiger partial charge on any atom is 0.268 e. The van der Waals surface area contributed by atoms with Crippen molar-refractivity contribution in [2.45, 2.75) is 0 Å². The number of carbonyl (C=O) groups excluding carboxylic acids is 2. The summed E-state index contributed by atoms with van der Waals surface area (Å²) < 4.78 is 2.02. The predicted octanol–water partition coefficient (Wildman–Crippen LogP) is 8.66. The van der Waals surface area contributed by atoms with E-state index in [1.165, 1.54) is 4.90 Å². The van der Waals surface area contributed by atoms with E-state index in [0.29, 0.717) is 39.2 Å². The summed E-state index contributed by atoms with van der Waals surface area (Å²) in [5, 5.41) is 21.4. The van der Waals surface area contributed by atoms with Crippen LogP contribution in [0.3, 0.4) is 0 Å². The van der Waals surface area contributed by atoms with Gasteiger partial charge in [-0.1, -0.05) is 91.0 Å². The molecule has 1 aliphatic rings. The molecular formula is C40H22N4O2. The van der Waals surface area contributed by atoms with Crippen molar-refractivity contribution in [3.05, 3.63) is 156 Å². The minimum absolute atomic E-state index is 0.317. The summed E-state index contributed by atoms with van der Waals surface area (Å²) in [5.74, 6) is -0.781. The number of fused-ring (bicyclic) bond motifs is 4. The maximum atomic E-state index is 14.3. The number of benzene rings is 6. The van der Waals surface area contributed by atoms with Gasteiger partial charge in [0.15, 0.2) is 0 Å². The molecule has 46 heavy (non-hydrogen) atoms. The summed E-state index contributed by atoms with van der Waals surface area (Å²) >= 11 is 0. The van der Waals surface area contributed by atoms with Crippen LogP contribution in [0, 0.1) is 22.7 Å². The molecule has 214 valence electrons. The molecule has 6 aromatic carbocycles. The van der Waals surface area contributed by atoms with Crippen molar-refractivity contribution < 1.29 is 9.59 Å². The summed E-state index contributed by atoms with van der Waals surface area (Å²) in [6.45, 7) is 0. The smallest absolute Gasteiger partial charge is 0.268 e. The van der Waals surface area contributed by atoms with Gasteiger partial charge in [0.05, 0.1) is 56.8 Å². The molecule has 0 bridgehead atoms. The van der Waals surface area contributed by atoms with E-state index in [2.05, 4.69) is 12.1 Å². The summed E-state index contributed by atoms with van der Waals surface area (Å²) in [6.07, 6.45) is 0. The first kappa shape index (κ1) is 26.8. The SMILES string of the molecule is N#Cc1ccc(-c2cccc3c4ccccc4n(-c4cccc5c4C(=O)N(c4ccc(-c6ccccc6)cc4)C5=O)c23)c(C#N)c1. The zero-order valence-electron chi connectivity index (χ0n) is 24.3. The zero-order chi connectivity index (χ0) is 31.4. The lowest BCUT2D eigenvalue weighted by molar-refractivity contribution is 0.0926. The number of nitrogens with zero attached hydrogens (tertiary/aromatic N) is 4. The minimum atomic E-state index is -0.400. The number of hydrogen-bond acceptors (Lipinski definition) is 4. The molecule has 0 saturated heterocycles. The van der Waals surface area contributed by atoms with E-state index in [1.54, 1.807) is 42.5 Å². The van der Waals surface area contributed by atoms with Crippen molar-refractivity contribution in [3.8, 4) is 40.1 Å². The average Bonchev–Trinajstić information content (AvgIpc) is 3.59.